The number of rotatable bonds is 6. The Morgan fingerprint density at radius 3 is 2.04 bits per heavy atom. The van der Waals surface area contributed by atoms with Crippen LogP contribution < -0.4 is 4.74 Å². The molecule has 0 aliphatic rings. The fraction of sp³-hybridized carbons (Fsp3) is 0.368. The van der Waals surface area contributed by atoms with Gasteiger partial charge in [0.15, 0.2) is 0 Å². The molecule has 134 valence electrons. The largest absolute Gasteiger partial charge is 0.478 e. The monoisotopic (exact) mass is 345 g/mol. The Morgan fingerprint density at radius 2 is 1.52 bits per heavy atom. The van der Waals surface area contributed by atoms with Gasteiger partial charge in [-0.05, 0) is 26.3 Å². The highest BCUT2D eigenvalue weighted by Gasteiger charge is 2.32. The summed E-state index contributed by atoms with van der Waals surface area (Å²) in [6.07, 6.45) is 0. The molecule has 0 spiro atoms. The van der Waals surface area contributed by atoms with Gasteiger partial charge in [-0.15, -0.1) is 0 Å². The predicted molar refractivity (Wildman–Crippen MR) is 93.3 cm³/mol. The minimum absolute atomic E-state index is 0.0980. The standard InChI is InChI=1S/C19H23NO5/c1-6-25-17-16(19(22)24-5)15(18(21)23-4)13(3)20(17)11-14-9-7-12(2)8-10-14/h7-10H,6,11H2,1-5H3. The molecule has 2 rings (SSSR count). The predicted octanol–water partition coefficient (Wildman–Crippen LogP) is 3.13. The van der Waals surface area contributed by atoms with E-state index in [0.29, 0.717) is 24.7 Å². The van der Waals surface area contributed by atoms with Crippen LogP contribution in [0.15, 0.2) is 24.3 Å². The molecule has 6 nitrogen and oxygen atoms in total. The molecule has 0 bridgehead atoms. The van der Waals surface area contributed by atoms with E-state index in [1.807, 2.05) is 38.1 Å². The Balaban J connectivity index is 2.64. The van der Waals surface area contributed by atoms with E-state index in [0.717, 1.165) is 11.1 Å². The van der Waals surface area contributed by atoms with Crippen molar-refractivity contribution >= 4 is 11.9 Å². The van der Waals surface area contributed by atoms with E-state index in [4.69, 9.17) is 14.2 Å². The van der Waals surface area contributed by atoms with Crippen LogP contribution in [0.5, 0.6) is 5.88 Å². The van der Waals surface area contributed by atoms with E-state index < -0.39 is 11.9 Å². The fourth-order valence-electron chi connectivity index (χ4n) is 2.71. The van der Waals surface area contributed by atoms with Gasteiger partial charge in [0, 0.05) is 5.69 Å². The lowest BCUT2D eigenvalue weighted by Crippen LogP contribution is -2.11. The van der Waals surface area contributed by atoms with Crippen molar-refractivity contribution in [1.29, 1.82) is 0 Å². The molecule has 0 radical (unpaired) electrons. The van der Waals surface area contributed by atoms with Gasteiger partial charge in [-0.1, -0.05) is 29.8 Å². The first kappa shape index (κ1) is 18.6. The van der Waals surface area contributed by atoms with E-state index >= 15 is 0 Å². The molecule has 0 atom stereocenters. The first-order valence-electron chi connectivity index (χ1n) is 8.02. The second kappa shape index (κ2) is 7.88. The number of methoxy groups -OCH3 is 2. The Bertz CT molecular complexity index is 774. The Labute approximate surface area is 147 Å². The highest BCUT2D eigenvalue weighted by molar-refractivity contribution is 6.06. The van der Waals surface area contributed by atoms with E-state index in [1.165, 1.54) is 14.2 Å². The Hall–Kier alpha value is -2.76. The lowest BCUT2D eigenvalue weighted by Gasteiger charge is -2.13. The summed E-state index contributed by atoms with van der Waals surface area (Å²) in [4.78, 5) is 24.5. The third kappa shape index (κ3) is 3.68. The molecule has 0 N–H and O–H groups in total. The van der Waals surface area contributed by atoms with E-state index in [1.54, 1.807) is 11.5 Å². The summed E-state index contributed by atoms with van der Waals surface area (Å²) in [6, 6.07) is 8.02. The average Bonchev–Trinajstić information content (AvgIpc) is 2.88. The van der Waals surface area contributed by atoms with Crippen molar-refractivity contribution in [3.63, 3.8) is 0 Å². The Morgan fingerprint density at radius 1 is 0.960 bits per heavy atom. The molecule has 1 aromatic heterocycles. The number of hydrogen-bond acceptors (Lipinski definition) is 5. The maximum absolute atomic E-state index is 12.3. The lowest BCUT2D eigenvalue weighted by molar-refractivity contribution is 0.0552. The summed E-state index contributed by atoms with van der Waals surface area (Å²) in [6.45, 7) is 6.40. The number of carbonyl (C=O) groups excluding carboxylic acids is 2. The highest BCUT2D eigenvalue weighted by Crippen LogP contribution is 2.32. The van der Waals surface area contributed by atoms with Gasteiger partial charge in [0.25, 0.3) is 0 Å². The number of hydrogen-bond donors (Lipinski definition) is 0. The van der Waals surface area contributed by atoms with E-state index in [9.17, 15) is 9.59 Å². The van der Waals surface area contributed by atoms with Crippen LogP contribution in [0.3, 0.4) is 0 Å². The first-order valence-corrected chi connectivity index (χ1v) is 8.02. The number of aromatic nitrogens is 1. The SMILES string of the molecule is CCOc1c(C(=O)OC)c(C(=O)OC)c(C)n1Cc1ccc(C)cc1. The van der Waals surface area contributed by atoms with Gasteiger partial charge >= 0.3 is 11.9 Å². The topological polar surface area (TPSA) is 66.8 Å². The second-order valence-electron chi connectivity index (χ2n) is 5.63. The van der Waals surface area contributed by atoms with Crippen LogP contribution in [-0.2, 0) is 16.0 Å². The number of benzene rings is 1. The molecule has 0 unspecified atom stereocenters. The summed E-state index contributed by atoms with van der Waals surface area (Å²) in [5.74, 6) is -0.913. The number of aryl methyl sites for hydroxylation is 1. The second-order valence-corrected chi connectivity index (χ2v) is 5.63. The van der Waals surface area contributed by atoms with Crippen LogP contribution in [0.1, 0.15) is 44.5 Å². The minimum Gasteiger partial charge on any atom is -0.478 e. The summed E-state index contributed by atoms with van der Waals surface area (Å²) >= 11 is 0. The van der Waals surface area contributed by atoms with Gasteiger partial charge in [0.1, 0.15) is 5.56 Å². The maximum Gasteiger partial charge on any atom is 0.344 e. The normalized spacial score (nSPS) is 10.4. The van der Waals surface area contributed by atoms with Crippen molar-refractivity contribution in [2.75, 3.05) is 20.8 Å². The molecule has 6 heteroatoms. The summed E-state index contributed by atoms with van der Waals surface area (Å²) in [5, 5.41) is 0. The third-order valence-corrected chi connectivity index (χ3v) is 4.00. The van der Waals surface area contributed by atoms with Gasteiger partial charge in [-0.25, -0.2) is 9.59 Å². The number of carbonyl (C=O) groups is 2. The molecular formula is C19H23NO5. The molecule has 0 aliphatic heterocycles. The zero-order chi connectivity index (χ0) is 18.6. The van der Waals surface area contributed by atoms with Crippen molar-refractivity contribution in [3.05, 3.63) is 52.2 Å². The first-order chi connectivity index (χ1) is 11.9. The van der Waals surface area contributed by atoms with Gasteiger partial charge in [0.05, 0.1) is 32.9 Å². The Kier molecular flexibility index (Phi) is 5.85. The molecule has 0 aliphatic carbocycles. The molecular weight excluding hydrogens is 322 g/mol. The average molecular weight is 345 g/mol. The van der Waals surface area contributed by atoms with Crippen LogP contribution in [0.4, 0.5) is 0 Å². The number of esters is 2. The molecule has 25 heavy (non-hydrogen) atoms. The summed E-state index contributed by atoms with van der Waals surface area (Å²) < 4.78 is 17.2. The van der Waals surface area contributed by atoms with Gasteiger partial charge in [-0.3, -0.25) is 0 Å². The summed E-state index contributed by atoms with van der Waals surface area (Å²) in [7, 11) is 2.55. The van der Waals surface area contributed by atoms with Crippen molar-refractivity contribution < 1.29 is 23.8 Å². The molecule has 0 saturated carbocycles. The molecule has 2 aromatic rings. The smallest absolute Gasteiger partial charge is 0.344 e. The van der Waals surface area contributed by atoms with Crippen LogP contribution in [-0.4, -0.2) is 37.3 Å². The van der Waals surface area contributed by atoms with Gasteiger partial charge in [-0.2, -0.15) is 0 Å². The van der Waals surface area contributed by atoms with Crippen molar-refractivity contribution in [1.82, 2.24) is 4.57 Å². The van der Waals surface area contributed by atoms with E-state index in [-0.39, 0.29) is 11.1 Å². The van der Waals surface area contributed by atoms with Crippen LogP contribution in [0.2, 0.25) is 0 Å². The van der Waals surface area contributed by atoms with Crippen molar-refractivity contribution in [2.45, 2.75) is 27.3 Å². The van der Waals surface area contributed by atoms with Gasteiger partial charge < -0.3 is 18.8 Å². The van der Waals surface area contributed by atoms with Crippen molar-refractivity contribution in [2.24, 2.45) is 0 Å². The quantitative estimate of drug-likeness (QED) is 0.753. The molecule has 1 aromatic carbocycles. The van der Waals surface area contributed by atoms with Crippen molar-refractivity contribution in [3.8, 4) is 5.88 Å². The third-order valence-electron chi connectivity index (χ3n) is 4.00. The fourth-order valence-corrected chi connectivity index (χ4v) is 2.71. The van der Waals surface area contributed by atoms with Crippen LogP contribution in [0.25, 0.3) is 0 Å². The molecule has 1 heterocycles. The lowest BCUT2D eigenvalue weighted by atomic mass is 10.1. The number of ether oxygens (including phenoxy) is 3. The molecule has 0 amide bonds. The minimum atomic E-state index is -0.630. The summed E-state index contributed by atoms with van der Waals surface area (Å²) in [5.41, 5.74) is 3.04. The van der Waals surface area contributed by atoms with Crippen LogP contribution >= 0.6 is 0 Å². The van der Waals surface area contributed by atoms with Gasteiger partial charge in [0.2, 0.25) is 5.88 Å². The zero-order valence-corrected chi connectivity index (χ0v) is 15.2. The molecule has 0 saturated heterocycles. The van der Waals surface area contributed by atoms with E-state index in [2.05, 4.69) is 0 Å². The maximum atomic E-state index is 12.3. The molecule has 0 fully saturated rings. The highest BCUT2D eigenvalue weighted by atomic mass is 16.5. The zero-order valence-electron chi connectivity index (χ0n) is 15.2. The number of nitrogens with zero attached hydrogens (tertiary/aromatic N) is 1. The van der Waals surface area contributed by atoms with Crippen LogP contribution in [0, 0.1) is 13.8 Å².